The van der Waals surface area contributed by atoms with Gasteiger partial charge in [0.2, 0.25) is 10.0 Å². The van der Waals surface area contributed by atoms with Crippen molar-refractivity contribution in [2.75, 3.05) is 24.7 Å². The molecule has 27 heavy (non-hydrogen) atoms. The second-order valence-corrected chi connectivity index (χ2v) is 8.68. The number of nitrogens with zero attached hydrogens (tertiary/aromatic N) is 2. The number of carbonyl (C=O) groups excluding carboxylic acids is 1. The number of para-hydroxylation sites is 1. The third kappa shape index (κ3) is 5.27. The number of pyridine rings is 1. The predicted molar refractivity (Wildman–Crippen MR) is 105 cm³/mol. The van der Waals surface area contributed by atoms with Crippen LogP contribution >= 0.6 is 0 Å². The van der Waals surface area contributed by atoms with Gasteiger partial charge >= 0.3 is 0 Å². The second kappa shape index (κ2) is 8.49. The van der Waals surface area contributed by atoms with Crippen LogP contribution in [-0.4, -0.2) is 49.0 Å². The minimum absolute atomic E-state index is 0.188. The molecule has 1 amide bonds. The van der Waals surface area contributed by atoms with E-state index in [9.17, 15) is 13.2 Å². The van der Waals surface area contributed by atoms with E-state index in [1.807, 2.05) is 30.3 Å². The molecule has 2 N–H and O–H groups in total. The molecule has 0 radical (unpaired) electrons. The molecule has 2 aromatic rings. The largest absolute Gasteiger partial charge is 0.380 e. The molecule has 0 aliphatic carbocycles. The van der Waals surface area contributed by atoms with Gasteiger partial charge in [-0.05, 0) is 36.6 Å². The van der Waals surface area contributed by atoms with E-state index >= 15 is 0 Å². The van der Waals surface area contributed by atoms with E-state index in [0.717, 1.165) is 24.1 Å². The maximum atomic E-state index is 12.8. The van der Waals surface area contributed by atoms with Gasteiger partial charge in [0.05, 0.1) is 11.8 Å². The van der Waals surface area contributed by atoms with Crippen LogP contribution in [0.15, 0.2) is 48.8 Å². The van der Waals surface area contributed by atoms with E-state index in [1.165, 1.54) is 10.6 Å². The van der Waals surface area contributed by atoms with Crippen LogP contribution in [0.1, 0.15) is 28.8 Å². The van der Waals surface area contributed by atoms with Crippen molar-refractivity contribution in [2.24, 2.45) is 0 Å². The quantitative estimate of drug-likeness (QED) is 0.788. The minimum atomic E-state index is -3.24. The zero-order valence-electron chi connectivity index (χ0n) is 15.3. The summed E-state index contributed by atoms with van der Waals surface area (Å²) in [6.45, 7) is 1.38. The molecule has 1 aromatic heterocycles. The van der Waals surface area contributed by atoms with E-state index in [-0.39, 0.29) is 11.9 Å². The Labute approximate surface area is 159 Å². The number of carbonyl (C=O) groups is 1. The Morgan fingerprint density at radius 2 is 2.07 bits per heavy atom. The Bertz CT molecular complexity index is 887. The average Bonchev–Trinajstić information content (AvgIpc) is 2.67. The molecule has 1 fully saturated rings. The van der Waals surface area contributed by atoms with Gasteiger partial charge in [-0.15, -0.1) is 0 Å². The zero-order chi connectivity index (χ0) is 19.3. The van der Waals surface area contributed by atoms with Crippen molar-refractivity contribution < 1.29 is 13.2 Å². The number of hydrogen-bond acceptors (Lipinski definition) is 5. The van der Waals surface area contributed by atoms with Gasteiger partial charge in [-0.3, -0.25) is 9.78 Å². The highest BCUT2D eigenvalue weighted by Gasteiger charge is 2.27. The van der Waals surface area contributed by atoms with Crippen LogP contribution < -0.4 is 10.6 Å². The summed E-state index contributed by atoms with van der Waals surface area (Å²) in [6, 6.07) is 10.9. The highest BCUT2D eigenvalue weighted by Crippen LogP contribution is 2.18. The van der Waals surface area contributed by atoms with Crippen LogP contribution in [0.4, 0.5) is 5.69 Å². The van der Waals surface area contributed by atoms with Crippen LogP contribution in [0.25, 0.3) is 0 Å². The van der Waals surface area contributed by atoms with E-state index in [0.29, 0.717) is 25.2 Å². The highest BCUT2D eigenvalue weighted by atomic mass is 32.2. The van der Waals surface area contributed by atoms with Crippen molar-refractivity contribution in [3.8, 4) is 0 Å². The number of piperidine rings is 1. The Morgan fingerprint density at radius 1 is 1.26 bits per heavy atom. The number of nitrogens with one attached hydrogen (secondary N) is 2. The van der Waals surface area contributed by atoms with Crippen molar-refractivity contribution in [3.63, 3.8) is 0 Å². The van der Waals surface area contributed by atoms with Crippen molar-refractivity contribution >= 4 is 21.6 Å². The molecule has 144 valence electrons. The van der Waals surface area contributed by atoms with Gasteiger partial charge in [0.15, 0.2) is 0 Å². The lowest BCUT2D eigenvalue weighted by molar-refractivity contribution is 0.0922. The molecular weight excluding hydrogens is 364 g/mol. The lowest BCUT2D eigenvalue weighted by Crippen LogP contribution is -2.49. The number of amides is 1. The van der Waals surface area contributed by atoms with Crippen molar-refractivity contribution in [2.45, 2.75) is 25.4 Å². The predicted octanol–water partition coefficient (Wildman–Crippen LogP) is 1.85. The molecule has 1 atom stereocenters. The van der Waals surface area contributed by atoms with E-state index in [1.54, 1.807) is 18.5 Å². The van der Waals surface area contributed by atoms with E-state index in [2.05, 4.69) is 15.6 Å². The standard InChI is InChI=1S/C19H24N4O3S/c1-27(25,26)23-11-5-7-16(14-23)22-19(24)17-8-2-3-9-18(17)21-13-15-6-4-10-20-12-15/h2-4,6,8-10,12,16,21H,5,7,11,13-14H2,1H3,(H,22,24)/t16-/m1/s1. The van der Waals surface area contributed by atoms with Crippen molar-refractivity contribution in [1.82, 2.24) is 14.6 Å². The fourth-order valence-corrected chi connectivity index (χ4v) is 4.07. The van der Waals surface area contributed by atoms with Gasteiger partial charge in [-0.1, -0.05) is 18.2 Å². The maximum absolute atomic E-state index is 12.8. The molecule has 0 saturated carbocycles. The molecule has 1 aliphatic rings. The zero-order valence-corrected chi connectivity index (χ0v) is 16.1. The van der Waals surface area contributed by atoms with E-state index < -0.39 is 10.0 Å². The molecule has 0 spiro atoms. The van der Waals surface area contributed by atoms with Crippen LogP contribution in [0.3, 0.4) is 0 Å². The maximum Gasteiger partial charge on any atom is 0.253 e. The van der Waals surface area contributed by atoms with Crippen LogP contribution in [0.5, 0.6) is 0 Å². The summed E-state index contributed by atoms with van der Waals surface area (Å²) in [4.78, 5) is 16.9. The molecular formula is C19H24N4O3S. The molecule has 1 aromatic carbocycles. The fraction of sp³-hybridized carbons (Fsp3) is 0.368. The first-order valence-corrected chi connectivity index (χ1v) is 10.8. The van der Waals surface area contributed by atoms with Gasteiger partial charge in [0.25, 0.3) is 5.91 Å². The third-order valence-electron chi connectivity index (χ3n) is 4.57. The van der Waals surface area contributed by atoms with Gasteiger partial charge in [-0.25, -0.2) is 12.7 Å². The molecule has 1 saturated heterocycles. The number of benzene rings is 1. The normalized spacial score (nSPS) is 18.0. The fourth-order valence-electron chi connectivity index (χ4n) is 3.16. The number of rotatable bonds is 6. The highest BCUT2D eigenvalue weighted by molar-refractivity contribution is 7.88. The first-order chi connectivity index (χ1) is 12.9. The minimum Gasteiger partial charge on any atom is -0.380 e. The molecule has 0 unspecified atom stereocenters. The Morgan fingerprint density at radius 3 is 2.81 bits per heavy atom. The first kappa shape index (κ1) is 19.3. The topological polar surface area (TPSA) is 91.4 Å². The summed E-state index contributed by atoms with van der Waals surface area (Å²) in [6.07, 6.45) is 6.20. The average molecular weight is 388 g/mol. The molecule has 1 aliphatic heterocycles. The monoisotopic (exact) mass is 388 g/mol. The summed E-state index contributed by atoms with van der Waals surface area (Å²) >= 11 is 0. The number of aromatic nitrogens is 1. The lowest BCUT2D eigenvalue weighted by Gasteiger charge is -2.31. The Kier molecular flexibility index (Phi) is 6.08. The van der Waals surface area contributed by atoms with Crippen LogP contribution in [0.2, 0.25) is 0 Å². The van der Waals surface area contributed by atoms with Crippen LogP contribution in [0, 0.1) is 0 Å². The first-order valence-electron chi connectivity index (χ1n) is 8.91. The van der Waals surface area contributed by atoms with Gasteiger partial charge in [-0.2, -0.15) is 0 Å². The van der Waals surface area contributed by atoms with Crippen molar-refractivity contribution in [3.05, 3.63) is 59.9 Å². The number of anilines is 1. The molecule has 3 rings (SSSR count). The van der Waals surface area contributed by atoms with Crippen molar-refractivity contribution in [1.29, 1.82) is 0 Å². The summed E-state index contributed by atoms with van der Waals surface area (Å²) < 4.78 is 24.9. The summed E-state index contributed by atoms with van der Waals surface area (Å²) in [5, 5.41) is 6.25. The SMILES string of the molecule is CS(=O)(=O)N1CCC[C@@H](NC(=O)c2ccccc2NCc2cccnc2)C1. The molecule has 2 heterocycles. The second-order valence-electron chi connectivity index (χ2n) is 6.69. The Hall–Kier alpha value is -2.45. The molecule has 7 nitrogen and oxygen atoms in total. The smallest absolute Gasteiger partial charge is 0.253 e. The third-order valence-corrected chi connectivity index (χ3v) is 5.84. The van der Waals surface area contributed by atoms with Crippen LogP contribution in [-0.2, 0) is 16.6 Å². The van der Waals surface area contributed by atoms with Gasteiger partial charge < -0.3 is 10.6 Å². The van der Waals surface area contributed by atoms with Gasteiger partial charge in [0.1, 0.15) is 0 Å². The van der Waals surface area contributed by atoms with Gasteiger partial charge in [0, 0.05) is 43.8 Å². The molecule has 0 bridgehead atoms. The Balaban J connectivity index is 1.66. The summed E-state index contributed by atoms with van der Waals surface area (Å²) in [5.41, 5.74) is 2.29. The number of sulfonamides is 1. The summed E-state index contributed by atoms with van der Waals surface area (Å²) in [7, 11) is -3.24. The number of hydrogen-bond donors (Lipinski definition) is 2. The lowest BCUT2D eigenvalue weighted by atomic mass is 10.1. The van der Waals surface area contributed by atoms with E-state index in [4.69, 9.17) is 0 Å². The molecule has 8 heteroatoms. The summed E-state index contributed by atoms with van der Waals surface area (Å²) in [5.74, 6) is -0.204.